The molecular weight excluding hydrogens is 573 g/mol. The van der Waals surface area contributed by atoms with Crippen LogP contribution in [0.15, 0.2) is 41.5 Å². The van der Waals surface area contributed by atoms with Crippen LogP contribution in [-0.2, 0) is 9.53 Å². The van der Waals surface area contributed by atoms with Gasteiger partial charge in [0.05, 0.1) is 28.1 Å². The second kappa shape index (κ2) is 16.0. The fourth-order valence-electron chi connectivity index (χ4n) is 4.39. The third-order valence-electron chi connectivity index (χ3n) is 6.72. The molecule has 0 saturated heterocycles. The molecule has 0 aliphatic carbocycles. The number of unbranched alkanes of at least 4 members (excludes halogenated alkanes) is 9. The van der Waals surface area contributed by atoms with Crippen LogP contribution in [0.5, 0.6) is 0 Å². The number of ether oxygens (including phenoxy) is 1. The van der Waals surface area contributed by atoms with Crippen molar-refractivity contribution in [3.8, 4) is 0 Å². The van der Waals surface area contributed by atoms with Gasteiger partial charge in [0.25, 0.3) is 11.8 Å². The van der Waals surface area contributed by atoms with Crippen molar-refractivity contribution >= 4 is 64.1 Å². The summed E-state index contributed by atoms with van der Waals surface area (Å²) in [5, 5.41) is 8.60. The second-order valence-electron chi connectivity index (χ2n) is 9.93. The topological polar surface area (TPSA) is 88.1 Å². The molecule has 1 N–H and O–H groups in total. The number of anilines is 1. The number of hydrogen-bond donors (Lipinski definition) is 1. The summed E-state index contributed by atoms with van der Waals surface area (Å²) in [5.74, 6) is -2.03. The zero-order chi connectivity index (χ0) is 29.1. The Bertz CT molecular complexity index is 1210. The Morgan fingerprint density at radius 2 is 1.48 bits per heavy atom. The Balaban J connectivity index is 1.50. The van der Waals surface area contributed by atoms with Crippen LogP contribution < -0.4 is 10.3 Å². The predicted molar refractivity (Wildman–Crippen MR) is 162 cm³/mol. The number of hydrazone groups is 1. The second-order valence-corrected chi connectivity index (χ2v) is 11.2. The van der Waals surface area contributed by atoms with Crippen molar-refractivity contribution in [1.29, 1.82) is 0 Å². The summed E-state index contributed by atoms with van der Waals surface area (Å²) in [5.41, 5.74) is 0.691. The Morgan fingerprint density at radius 3 is 2.10 bits per heavy atom. The molecule has 0 radical (unpaired) electrons. The van der Waals surface area contributed by atoms with Gasteiger partial charge in [0.15, 0.2) is 0 Å². The average molecular weight is 609 g/mol. The van der Waals surface area contributed by atoms with E-state index < -0.39 is 23.7 Å². The molecule has 1 aliphatic heterocycles. The number of benzene rings is 2. The van der Waals surface area contributed by atoms with Crippen molar-refractivity contribution in [3.05, 3.63) is 62.6 Å². The van der Waals surface area contributed by atoms with Gasteiger partial charge in [-0.3, -0.25) is 9.59 Å². The van der Waals surface area contributed by atoms with Crippen LogP contribution in [0, 0.1) is 5.92 Å². The molecule has 40 heavy (non-hydrogen) atoms. The van der Waals surface area contributed by atoms with Gasteiger partial charge in [-0.1, -0.05) is 106 Å². The lowest BCUT2D eigenvalue weighted by molar-refractivity contribution is -0.119. The smallest absolute Gasteiger partial charge is 0.338 e. The number of amides is 2. The lowest BCUT2D eigenvalue weighted by atomic mass is 10.1. The Hall–Kier alpha value is -2.61. The van der Waals surface area contributed by atoms with E-state index in [9.17, 15) is 14.4 Å². The van der Waals surface area contributed by atoms with Gasteiger partial charge in [-0.05, 0) is 43.7 Å². The summed E-state index contributed by atoms with van der Waals surface area (Å²) >= 11 is 18.5. The highest BCUT2D eigenvalue weighted by Crippen LogP contribution is 2.39. The molecule has 10 heteroatoms. The SMILES string of the molecule is CCCCCCCCCCCCOC(=O)c1cccc(C(=O)NC2=NN(c3c(Cl)cc(Cl)cc3Cl)C(=O)C2C)c1. The molecule has 2 aromatic carbocycles. The van der Waals surface area contributed by atoms with Crippen LogP contribution in [0.25, 0.3) is 0 Å². The van der Waals surface area contributed by atoms with Crippen LogP contribution in [0.3, 0.4) is 0 Å². The molecule has 0 bridgehead atoms. The molecule has 0 spiro atoms. The Kier molecular flexibility index (Phi) is 12.8. The maximum absolute atomic E-state index is 13.0. The fraction of sp³-hybridized carbons (Fsp3) is 0.467. The number of halogens is 3. The summed E-state index contributed by atoms with van der Waals surface area (Å²) in [6.45, 7) is 4.18. The first-order valence-corrected chi connectivity index (χ1v) is 15.0. The minimum absolute atomic E-state index is 0.131. The van der Waals surface area contributed by atoms with E-state index in [0.717, 1.165) is 24.3 Å². The summed E-state index contributed by atoms with van der Waals surface area (Å²) in [6, 6.07) is 9.15. The number of esters is 1. The largest absolute Gasteiger partial charge is 0.462 e. The van der Waals surface area contributed by atoms with Crippen molar-refractivity contribution in [1.82, 2.24) is 5.32 Å². The van der Waals surface area contributed by atoms with Gasteiger partial charge in [-0.25, -0.2) is 4.79 Å². The molecule has 1 aliphatic rings. The number of nitrogens with one attached hydrogen (secondary N) is 1. The molecule has 216 valence electrons. The van der Waals surface area contributed by atoms with Gasteiger partial charge in [0, 0.05) is 10.6 Å². The predicted octanol–water partition coefficient (Wildman–Crippen LogP) is 8.45. The van der Waals surface area contributed by atoms with E-state index in [1.54, 1.807) is 25.1 Å². The van der Waals surface area contributed by atoms with Crippen LogP contribution in [-0.4, -0.2) is 30.2 Å². The van der Waals surface area contributed by atoms with E-state index in [1.165, 1.54) is 63.1 Å². The highest BCUT2D eigenvalue weighted by molar-refractivity contribution is 6.42. The molecule has 2 aromatic rings. The van der Waals surface area contributed by atoms with Crippen LogP contribution in [0.2, 0.25) is 15.1 Å². The van der Waals surface area contributed by atoms with Crippen LogP contribution >= 0.6 is 34.8 Å². The van der Waals surface area contributed by atoms with Crippen molar-refractivity contribution in [3.63, 3.8) is 0 Å². The number of hydrogen-bond acceptors (Lipinski definition) is 5. The van der Waals surface area contributed by atoms with Crippen molar-refractivity contribution in [2.45, 2.75) is 78.1 Å². The molecule has 3 rings (SSSR count). The zero-order valence-corrected chi connectivity index (χ0v) is 25.2. The van der Waals surface area contributed by atoms with E-state index >= 15 is 0 Å². The standard InChI is InChI=1S/C30H36Cl3N3O4/c1-3-4-5-6-7-8-9-10-11-12-16-40-30(39)22-15-13-14-21(17-22)28(37)34-27-20(2)29(38)36(35-27)26-24(32)18-23(31)19-25(26)33/h13-15,17-20H,3-12,16H2,1-2H3,(H,34,35,37). The third-order valence-corrected chi connectivity index (χ3v) is 7.52. The summed E-state index contributed by atoms with van der Waals surface area (Å²) < 4.78 is 5.41. The minimum atomic E-state index is -0.749. The molecule has 1 atom stereocenters. The summed E-state index contributed by atoms with van der Waals surface area (Å²) in [6.07, 6.45) is 12.0. The summed E-state index contributed by atoms with van der Waals surface area (Å²) in [4.78, 5) is 38.4. The van der Waals surface area contributed by atoms with E-state index in [1.807, 2.05) is 0 Å². The molecule has 2 amide bonds. The number of carbonyl (C=O) groups excluding carboxylic acids is 3. The third kappa shape index (κ3) is 8.95. The monoisotopic (exact) mass is 607 g/mol. The highest BCUT2D eigenvalue weighted by atomic mass is 35.5. The molecule has 1 heterocycles. The highest BCUT2D eigenvalue weighted by Gasteiger charge is 2.36. The Morgan fingerprint density at radius 1 is 0.900 bits per heavy atom. The fourth-order valence-corrected chi connectivity index (χ4v) is 5.37. The van der Waals surface area contributed by atoms with E-state index in [-0.39, 0.29) is 32.7 Å². The molecule has 0 aromatic heterocycles. The molecule has 1 unspecified atom stereocenters. The zero-order valence-electron chi connectivity index (χ0n) is 23.0. The van der Waals surface area contributed by atoms with Crippen LogP contribution in [0.4, 0.5) is 5.69 Å². The number of carbonyl (C=O) groups is 3. The number of nitrogens with zero attached hydrogens (tertiary/aromatic N) is 2. The maximum atomic E-state index is 13.0. The van der Waals surface area contributed by atoms with E-state index in [0.29, 0.717) is 11.6 Å². The van der Waals surface area contributed by atoms with Gasteiger partial charge >= 0.3 is 5.97 Å². The van der Waals surface area contributed by atoms with Gasteiger partial charge in [-0.15, -0.1) is 0 Å². The molecule has 0 fully saturated rings. The van der Waals surface area contributed by atoms with Gasteiger partial charge < -0.3 is 10.1 Å². The first-order valence-electron chi connectivity index (χ1n) is 13.9. The van der Waals surface area contributed by atoms with Crippen molar-refractivity contribution in [2.24, 2.45) is 11.0 Å². The first kappa shape index (κ1) is 31.9. The van der Waals surface area contributed by atoms with Crippen molar-refractivity contribution in [2.75, 3.05) is 11.6 Å². The first-order chi connectivity index (χ1) is 19.2. The Labute approximate surface area is 251 Å². The molecule has 7 nitrogen and oxygen atoms in total. The quantitative estimate of drug-likeness (QED) is 0.172. The van der Waals surface area contributed by atoms with Crippen molar-refractivity contribution < 1.29 is 19.1 Å². The number of rotatable bonds is 14. The number of amidine groups is 1. The molecule has 0 saturated carbocycles. The van der Waals surface area contributed by atoms with E-state index in [2.05, 4.69) is 17.3 Å². The average Bonchev–Trinajstić information content (AvgIpc) is 3.19. The lowest BCUT2D eigenvalue weighted by Gasteiger charge is -2.16. The molecular formula is C30H36Cl3N3O4. The minimum Gasteiger partial charge on any atom is -0.462 e. The summed E-state index contributed by atoms with van der Waals surface area (Å²) in [7, 11) is 0. The maximum Gasteiger partial charge on any atom is 0.338 e. The van der Waals surface area contributed by atoms with E-state index in [4.69, 9.17) is 39.5 Å². The van der Waals surface area contributed by atoms with Gasteiger partial charge in [0.1, 0.15) is 11.5 Å². The lowest BCUT2D eigenvalue weighted by Crippen LogP contribution is -2.35. The normalized spacial score (nSPS) is 14.8. The van der Waals surface area contributed by atoms with Gasteiger partial charge in [0.2, 0.25) is 0 Å². The van der Waals surface area contributed by atoms with Gasteiger partial charge in [-0.2, -0.15) is 10.1 Å². The van der Waals surface area contributed by atoms with Crippen LogP contribution in [0.1, 0.15) is 98.8 Å².